The van der Waals surface area contributed by atoms with E-state index in [-0.39, 0.29) is 12.5 Å². The van der Waals surface area contributed by atoms with Gasteiger partial charge in [-0.05, 0) is 34.5 Å². The number of halogens is 1. The molecule has 0 aliphatic rings. The van der Waals surface area contributed by atoms with Crippen molar-refractivity contribution in [3.8, 4) is 0 Å². The predicted molar refractivity (Wildman–Crippen MR) is 71.8 cm³/mol. The van der Waals surface area contributed by atoms with Crippen molar-refractivity contribution in [2.45, 2.75) is 17.9 Å². The number of aromatic nitrogens is 3. The predicted octanol–water partition coefficient (Wildman–Crippen LogP) is 2.70. The van der Waals surface area contributed by atoms with Crippen LogP contribution in [-0.2, 0) is 10.5 Å². The summed E-state index contributed by atoms with van der Waals surface area (Å²) in [4.78, 5) is 15.4. The van der Waals surface area contributed by atoms with Crippen LogP contribution in [0.1, 0.15) is 23.2 Å². The van der Waals surface area contributed by atoms with E-state index in [1.54, 1.807) is 19.3 Å². The molecular weight excluding hydrogens is 334 g/mol. The molecule has 2 aromatic heterocycles. The first-order chi connectivity index (χ1) is 9.19. The van der Waals surface area contributed by atoms with Crippen LogP contribution in [0.3, 0.4) is 0 Å². The lowest BCUT2D eigenvalue weighted by Crippen LogP contribution is -2.04. The molecule has 19 heavy (non-hydrogen) atoms. The monoisotopic (exact) mass is 343 g/mol. The van der Waals surface area contributed by atoms with Crippen LogP contribution in [0.25, 0.3) is 0 Å². The second-order valence-electron chi connectivity index (χ2n) is 3.39. The van der Waals surface area contributed by atoms with Crippen molar-refractivity contribution in [2.24, 2.45) is 0 Å². The van der Waals surface area contributed by atoms with E-state index in [4.69, 9.17) is 9.15 Å². The minimum absolute atomic E-state index is 0.128. The summed E-state index contributed by atoms with van der Waals surface area (Å²) in [5, 5.41) is 7.72. The Labute approximate surface area is 122 Å². The maximum atomic E-state index is 11.3. The second kappa shape index (κ2) is 6.67. The van der Waals surface area contributed by atoms with Crippen molar-refractivity contribution < 1.29 is 13.9 Å². The maximum absolute atomic E-state index is 11.3. The summed E-state index contributed by atoms with van der Waals surface area (Å²) in [6, 6.07) is 1.95. The fourth-order valence-electron chi connectivity index (χ4n) is 1.22. The van der Waals surface area contributed by atoms with Crippen molar-refractivity contribution in [2.75, 3.05) is 6.61 Å². The first kappa shape index (κ1) is 14.0. The molecule has 0 saturated heterocycles. The molecule has 0 bridgehead atoms. The van der Waals surface area contributed by atoms with Crippen LogP contribution in [0.5, 0.6) is 0 Å². The summed E-state index contributed by atoms with van der Waals surface area (Å²) in [5.41, 5.74) is 1.01. The lowest BCUT2D eigenvalue weighted by molar-refractivity contribution is 0.0475. The molecule has 0 atom stereocenters. The minimum atomic E-state index is -0.606. The molecule has 2 rings (SSSR count). The largest absolute Gasteiger partial charge is 0.459 e. The third-order valence-electron chi connectivity index (χ3n) is 1.98. The topological polar surface area (TPSA) is 78.1 Å². The fraction of sp³-hybridized carbons (Fsp3) is 0.273. The lowest BCUT2D eigenvalue weighted by atomic mass is 10.3. The van der Waals surface area contributed by atoms with E-state index in [1.807, 2.05) is 6.07 Å². The first-order valence-corrected chi connectivity index (χ1v) is 7.19. The van der Waals surface area contributed by atoms with E-state index >= 15 is 0 Å². The zero-order valence-corrected chi connectivity index (χ0v) is 12.4. The smallest absolute Gasteiger partial charge is 0.396 e. The molecule has 0 amide bonds. The Morgan fingerprint density at radius 2 is 2.32 bits per heavy atom. The Hall–Kier alpha value is -1.41. The van der Waals surface area contributed by atoms with Gasteiger partial charge in [-0.25, -0.2) is 4.79 Å². The van der Waals surface area contributed by atoms with E-state index in [1.165, 1.54) is 11.8 Å². The molecule has 0 aliphatic carbocycles. The third-order valence-corrected chi connectivity index (χ3v) is 3.30. The molecule has 0 unspecified atom stereocenters. The van der Waals surface area contributed by atoms with Gasteiger partial charge in [-0.3, -0.25) is 4.98 Å². The average Bonchev–Trinajstić information content (AvgIpc) is 2.86. The number of ether oxygens (including phenoxy) is 1. The Balaban J connectivity index is 1.95. The summed E-state index contributed by atoms with van der Waals surface area (Å²) in [7, 11) is 0. The molecule has 0 aliphatic heterocycles. The molecule has 0 spiro atoms. The van der Waals surface area contributed by atoms with Crippen molar-refractivity contribution in [1.82, 2.24) is 15.2 Å². The van der Waals surface area contributed by atoms with Crippen LogP contribution in [0.2, 0.25) is 0 Å². The van der Waals surface area contributed by atoms with Crippen LogP contribution in [0, 0.1) is 0 Å². The normalized spacial score (nSPS) is 10.4. The third kappa shape index (κ3) is 4.03. The molecule has 100 valence electrons. The van der Waals surface area contributed by atoms with Gasteiger partial charge in [0.25, 0.3) is 5.22 Å². The quantitative estimate of drug-likeness (QED) is 0.609. The van der Waals surface area contributed by atoms with Crippen molar-refractivity contribution in [3.63, 3.8) is 0 Å². The number of nitrogens with zero attached hydrogens (tertiary/aromatic N) is 3. The van der Waals surface area contributed by atoms with Gasteiger partial charge in [0, 0.05) is 22.6 Å². The molecule has 2 aromatic rings. The Morgan fingerprint density at radius 1 is 1.47 bits per heavy atom. The van der Waals surface area contributed by atoms with Gasteiger partial charge in [0.05, 0.1) is 6.61 Å². The van der Waals surface area contributed by atoms with Crippen molar-refractivity contribution >= 4 is 33.7 Å². The minimum Gasteiger partial charge on any atom is -0.459 e. The first-order valence-electron chi connectivity index (χ1n) is 5.42. The number of esters is 1. The zero-order chi connectivity index (χ0) is 13.7. The highest BCUT2D eigenvalue weighted by molar-refractivity contribution is 9.10. The molecule has 0 aromatic carbocycles. The number of thioether (sulfide) groups is 1. The molecule has 0 radical (unpaired) electrons. The van der Waals surface area contributed by atoms with E-state index in [0.29, 0.717) is 11.0 Å². The highest BCUT2D eigenvalue weighted by Gasteiger charge is 2.16. The number of pyridine rings is 1. The Morgan fingerprint density at radius 3 is 3.05 bits per heavy atom. The molecule has 0 N–H and O–H groups in total. The van der Waals surface area contributed by atoms with E-state index in [9.17, 15) is 4.79 Å². The molecular formula is C11H10BrN3O3S. The average molecular weight is 344 g/mol. The second-order valence-corrected chi connectivity index (χ2v) is 5.24. The standard InChI is InChI=1S/C11H10BrN3O3S/c1-2-17-10(16)9-14-15-11(18-9)19-6-7-3-8(12)5-13-4-7/h3-5H,2,6H2,1H3. The van der Waals surface area contributed by atoms with Gasteiger partial charge in [0.2, 0.25) is 0 Å². The summed E-state index contributed by atoms with van der Waals surface area (Å²) in [6.07, 6.45) is 3.46. The number of hydrogen-bond acceptors (Lipinski definition) is 7. The van der Waals surface area contributed by atoms with E-state index < -0.39 is 5.97 Å². The lowest BCUT2D eigenvalue weighted by Gasteiger charge is -1.98. The molecule has 2 heterocycles. The van der Waals surface area contributed by atoms with Gasteiger partial charge in [-0.2, -0.15) is 0 Å². The van der Waals surface area contributed by atoms with Gasteiger partial charge in [0.15, 0.2) is 0 Å². The number of hydrogen-bond donors (Lipinski definition) is 0. The fourth-order valence-corrected chi connectivity index (χ4v) is 2.32. The van der Waals surface area contributed by atoms with Crippen LogP contribution >= 0.6 is 27.7 Å². The number of rotatable bonds is 5. The molecule has 8 heteroatoms. The molecule has 6 nitrogen and oxygen atoms in total. The van der Waals surface area contributed by atoms with E-state index in [0.717, 1.165) is 10.0 Å². The summed E-state index contributed by atoms with van der Waals surface area (Å²) in [6.45, 7) is 1.98. The SMILES string of the molecule is CCOC(=O)c1nnc(SCc2cncc(Br)c2)o1. The molecule has 0 fully saturated rings. The molecule has 0 saturated carbocycles. The van der Waals surface area contributed by atoms with Crippen LogP contribution < -0.4 is 0 Å². The van der Waals surface area contributed by atoms with Crippen molar-refractivity contribution in [1.29, 1.82) is 0 Å². The maximum Gasteiger partial charge on any atom is 0.396 e. The van der Waals surface area contributed by atoms with Gasteiger partial charge < -0.3 is 9.15 Å². The Bertz CT molecular complexity index is 576. The highest BCUT2D eigenvalue weighted by Crippen LogP contribution is 2.22. The van der Waals surface area contributed by atoms with Crippen molar-refractivity contribution in [3.05, 3.63) is 34.4 Å². The number of carbonyl (C=O) groups is 1. The van der Waals surface area contributed by atoms with Crippen LogP contribution in [0.15, 0.2) is 32.6 Å². The van der Waals surface area contributed by atoms with Gasteiger partial charge >= 0.3 is 11.9 Å². The van der Waals surface area contributed by atoms with E-state index in [2.05, 4.69) is 31.1 Å². The van der Waals surface area contributed by atoms with Crippen LogP contribution in [0.4, 0.5) is 0 Å². The zero-order valence-electron chi connectivity index (χ0n) is 10.00. The Kier molecular flexibility index (Phi) is 4.92. The van der Waals surface area contributed by atoms with Gasteiger partial charge in [-0.1, -0.05) is 16.9 Å². The summed E-state index contributed by atoms with van der Waals surface area (Å²) < 4.78 is 10.8. The summed E-state index contributed by atoms with van der Waals surface area (Å²) in [5.74, 6) is -0.112. The van der Waals surface area contributed by atoms with Gasteiger partial charge in [-0.15, -0.1) is 5.10 Å². The summed E-state index contributed by atoms with van der Waals surface area (Å²) >= 11 is 4.67. The highest BCUT2D eigenvalue weighted by atomic mass is 79.9. The van der Waals surface area contributed by atoms with Crippen LogP contribution in [-0.4, -0.2) is 27.8 Å². The van der Waals surface area contributed by atoms with Gasteiger partial charge in [0.1, 0.15) is 0 Å². The number of carbonyl (C=O) groups excluding carboxylic acids is 1.